The Morgan fingerprint density at radius 2 is 1.81 bits per heavy atom. The van der Waals surface area contributed by atoms with Gasteiger partial charge in [-0.05, 0) is 38.1 Å². The lowest BCUT2D eigenvalue weighted by Gasteiger charge is -2.36. The van der Waals surface area contributed by atoms with Crippen LogP contribution in [0.15, 0.2) is 29.3 Å². The molecule has 0 aromatic heterocycles. The molecule has 0 saturated carbocycles. The normalized spacial score (nSPS) is 26.2. The van der Waals surface area contributed by atoms with Gasteiger partial charge in [-0.15, -0.1) is 0 Å². The number of carbonyl (C=O) groups is 1. The van der Waals surface area contributed by atoms with Crippen molar-refractivity contribution in [1.82, 2.24) is 4.90 Å². The maximum Gasteiger partial charge on any atom is 0.350 e. The Bertz CT molecular complexity index is 563. The quantitative estimate of drug-likeness (QED) is 0.801. The summed E-state index contributed by atoms with van der Waals surface area (Å²) in [6.07, 6.45) is 0.298. The second kappa shape index (κ2) is 5.66. The molecule has 2 heterocycles. The minimum atomic E-state index is -0.223. The topological polar surface area (TPSA) is 45.1 Å². The molecule has 3 rings (SSSR count). The highest BCUT2D eigenvalue weighted by Gasteiger charge is 2.32. The molecule has 5 nitrogen and oxygen atoms in total. The fourth-order valence-electron chi connectivity index (χ4n) is 2.80. The molecule has 2 aliphatic rings. The largest absolute Gasteiger partial charge is 0.372 e. The lowest BCUT2D eigenvalue weighted by atomic mass is 10.2. The first kappa shape index (κ1) is 14.4. The Morgan fingerprint density at radius 1 is 1.19 bits per heavy atom. The third-order valence-electron chi connectivity index (χ3n) is 3.68. The van der Waals surface area contributed by atoms with Gasteiger partial charge in [-0.2, -0.15) is 4.99 Å². The summed E-state index contributed by atoms with van der Waals surface area (Å²) >= 11 is 5.88. The van der Waals surface area contributed by atoms with E-state index in [2.05, 4.69) is 9.89 Å². The van der Waals surface area contributed by atoms with E-state index in [0.717, 1.165) is 24.6 Å². The molecule has 0 radical (unpaired) electrons. The molecule has 2 aliphatic heterocycles. The Labute approximate surface area is 129 Å². The number of hydrogen-bond acceptors (Lipinski definition) is 3. The molecule has 0 bridgehead atoms. The third-order valence-corrected chi connectivity index (χ3v) is 3.93. The molecule has 1 fully saturated rings. The standard InChI is InChI=1S/C15H18ClN3O2/c1-10-7-18(8-11(2)21-10)14-9-19(15(20)17-14)13-5-3-12(16)4-6-13/h3-6,10-11H,7-9H2,1-2H3. The molecule has 1 aromatic rings. The zero-order chi connectivity index (χ0) is 15.0. The number of hydrogen-bond donors (Lipinski definition) is 0. The van der Waals surface area contributed by atoms with Gasteiger partial charge >= 0.3 is 6.03 Å². The van der Waals surface area contributed by atoms with Crippen LogP contribution in [0.3, 0.4) is 0 Å². The summed E-state index contributed by atoms with van der Waals surface area (Å²) in [5.41, 5.74) is 0.817. The first-order chi connectivity index (χ1) is 10.0. The van der Waals surface area contributed by atoms with Gasteiger partial charge in [0.25, 0.3) is 0 Å². The summed E-state index contributed by atoms with van der Waals surface area (Å²) in [7, 11) is 0. The Hall–Kier alpha value is -1.59. The van der Waals surface area contributed by atoms with Crippen molar-refractivity contribution in [3.63, 3.8) is 0 Å². The summed E-state index contributed by atoms with van der Waals surface area (Å²) in [4.78, 5) is 20.1. The molecule has 0 N–H and O–H groups in total. The van der Waals surface area contributed by atoms with E-state index in [0.29, 0.717) is 11.6 Å². The number of amidine groups is 1. The van der Waals surface area contributed by atoms with Crippen molar-refractivity contribution < 1.29 is 9.53 Å². The summed E-state index contributed by atoms with van der Waals surface area (Å²) < 4.78 is 5.72. The van der Waals surface area contributed by atoms with Crippen molar-refractivity contribution >= 4 is 29.2 Å². The number of nitrogens with zero attached hydrogens (tertiary/aromatic N) is 3. The molecular formula is C15H18ClN3O2. The average Bonchev–Trinajstić information content (AvgIpc) is 2.81. The van der Waals surface area contributed by atoms with Crippen LogP contribution in [-0.4, -0.2) is 48.6 Å². The summed E-state index contributed by atoms with van der Waals surface area (Å²) in [5.74, 6) is 0.817. The van der Waals surface area contributed by atoms with Gasteiger partial charge in [-0.1, -0.05) is 11.6 Å². The number of benzene rings is 1. The van der Waals surface area contributed by atoms with E-state index < -0.39 is 0 Å². The highest BCUT2D eigenvalue weighted by atomic mass is 35.5. The summed E-state index contributed by atoms with van der Waals surface area (Å²) in [6.45, 7) is 6.11. The Morgan fingerprint density at radius 3 is 2.43 bits per heavy atom. The molecule has 2 atom stereocenters. The minimum Gasteiger partial charge on any atom is -0.372 e. The van der Waals surface area contributed by atoms with Crippen LogP contribution in [0.5, 0.6) is 0 Å². The fraction of sp³-hybridized carbons (Fsp3) is 0.467. The van der Waals surface area contributed by atoms with E-state index in [-0.39, 0.29) is 18.2 Å². The number of urea groups is 1. The SMILES string of the molecule is CC1CN(C2=NC(=O)N(c3ccc(Cl)cc3)C2)CC(C)O1. The van der Waals surface area contributed by atoms with Crippen LogP contribution in [0, 0.1) is 0 Å². The predicted molar refractivity (Wildman–Crippen MR) is 83.2 cm³/mol. The van der Waals surface area contributed by atoms with Crippen molar-refractivity contribution in [1.29, 1.82) is 0 Å². The fourth-order valence-corrected chi connectivity index (χ4v) is 2.92. The summed E-state index contributed by atoms with van der Waals surface area (Å²) in [6, 6.07) is 7.01. The first-order valence-corrected chi connectivity index (χ1v) is 7.46. The molecule has 0 spiro atoms. The van der Waals surface area contributed by atoms with Crippen molar-refractivity contribution in [3.8, 4) is 0 Å². The smallest absolute Gasteiger partial charge is 0.350 e. The van der Waals surface area contributed by atoms with Gasteiger partial charge in [0.05, 0.1) is 18.8 Å². The Balaban J connectivity index is 1.74. The molecule has 2 unspecified atom stereocenters. The van der Waals surface area contributed by atoms with Gasteiger partial charge < -0.3 is 9.64 Å². The highest BCUT2D eigenvalue weighted by Crippen LogP contribution is 2.23. The van der Waals surface area contributed by atoms with E-state index in [1.54, 1.807) is 17.0 Å². The lowest BCUT2D eigenvalue weighted by Crippen LogP contribution is -2.49. The van der Waals surface area contributed by atoms with E-state index in [4.69, 9.17) is 16.3 Å². The predicted octanol–water partition coefficient (Wildman–Crippen LogP) is 2.79. The van der Waals surface area contributed by atoms with Crippen LogP contribution in [0.2, 0.25) is 5.02 Å². The van der Waals surface area contributed by atoms with Crippen LogP contribution in [-0.2, 0) is 4.74 Å². The number of morpholine rings is 1. The van der Waals surface area contributed by atoms with Gasteiger partial charge in [0.15, 0.2) is 0 Å². The highest BCUT2D eigenvalue weighted by molar-refractivity contribution is 6.30. The molecule has 6 heteroatoms. The molecule has 112 valence electrons. The molecule has 2 amide bonds. The van der Waals surface area contributed by atoms with Crippen molar-refractivity contribution in [2.75, 3.05) is 24.5 Å². The molecule has 1 aromatic carbocycles. The Kier molecular flexibility index (Phi) is 3.87. The number of rotatable bonds is 1. The van der Waals surface area contributed by atoms with E-state index in [1.807, 2.05) is 26.0 Å². The van der Waals surface area contributed by atoms with Crippen molar-refractivity contribution in [2.45, 2.75) is 26.1 Å². The molecule has 21 heavy (non-hydrogen) atoms. The van der Waals surface area contributed by atoms with E-state index >= 15 is 0 Å². The summed E-state index contributed by atoms with van der Waals surface area (Å²) in [5, 5.41) is 0.655. The van der Waals surface area contributed by atoms with Crippen molar-refractivity contribution in [2.24, 2.45) is 4.99 Å². The molecule has 1 saturated heterocycles. The van der Waals surface area contributed by atoms with Gasteiger partial charge in [0.2, 0.25) is 0 Å². The van der Waals surface area contributed by atoms with E-state index in [1.165, 1.54) is 0 Å². The number of ether oxygens (including phenoxy) is 1. The number of amides is 2. The zero-order valence-electron chi connectivity index (χ0n) is 12.1. The van der Waals surface area contributed by atoms with Crippen LogP contribution >= 0.6 is 11.6 Å². The second-order valence-corrected chi connectivity index (χ2v) is 5.97. The maximum absolute atomic E-state index is 12.1. The zero-order valence-corrected chi connectivity index (χ0v) is 12.9. The average molecular weight is 308 g/mol. The number of halogens is 1. The lowest BCUT2D eigenvalue weighted by molar-refractivity contribution is -0.0481. The minimum absolute atomic E-state index is 0.149. The van der Waals surface area contributed by atoms with Gasteiger partial charge in [-0.3, -0.25) is 4.90 Å². The van der Waals surface area contributed by atoms with E-state index in [9.17, 15) is 4.79 Å². The molecule has 0 aliphatic carbocycles. The van der Waals surface area contributed by atoms with Crippen LogP contribution in [0.25, 0.3) is 0 Å². The van der Waals surface area contributed by atoms with Crippen LogP contribution in [0.4, 0.5) is 10.5 Å². The second-order valence-electron chi connectivity index (χ2n) is 5.54. The monoisotopic (exact) mass is 307 g/mol. The van der Waals surface area contributed by atoms with Crippen molar-refractivity contribution in [3.05, 3.63) is 29.3 Å². The first-order valence-electron chi connectivity index (χ1n) is 7.08. The van der Waals surface area contributed by atoms with Gasteiger partial charge in [-0.25, -0.2) is 4.79 Å². The number of carbonyl (C=O) groups excluding carboxylic acids is 1. The van der Waals surface area contributed by atoms with Gasteiger partial charge in [0.1, 0.15) is 5.84 Å². The van der Waals surface area contributed by atoms with Crippen LogP contribution < -0.4 is 4.90 Å². The molecular weight excluding hydrogens is 290 g/mol. The number of aliphatic imine (C=N–C) groups is 1. The number of anilines is 1. The maximum atomic E-state index is 12.1. The van der Waals surface area contributed by atoms with Crippen LogP contribution in [0.1, 0.15) is 13.8 Å². The van der Waals surface area contributed by atoms with Gasteiger partial charge in [0, 0.05) is 23.8 Å². The third kappa shape index (κ3) is 3.04.